The van der Waals surface area contributed by atoms with Crippen LogP contribution in [0.25, 0.3) is 11.5 Å². The van der Waals surface area contributed by atoms with Crippen molar-refractivity contribution < 1.29 is 27.4 Å². The van der Waals surface area contributed by atoms with E-state index >= 15 is 0 Å². The Morgan fingerprint density at radius 1 is 1.17 bits per heavy atom. The molecule has 0 aliphatic heterocycles. The molecule has 0 aromatic carbocycles. The second-order valence-corrected chi connectivity index (χ2v) is 6.88. The minimum atomic E-state index is -4.62. The van der Waals surface area contributed by atoms with Gasteiger partial charge in [0.15, 0.2) is 17.3 Å². The summed E-state index contributed by atoms with van der Waals surface area (Å²) in [5, 5.41) is 2.61. The van der Waals surface area contributed by atoms with E-state index in [-0.39, 0.29) is 29.7 Å². The fraction of sp³-hybridized carbons (Fsp3) is 0.294. The zero-order valence-corrected chi connectivity index (χ0v) is 16.7. The van der Waals surface area contributed by atoms with Gasteiger partial charge in [0.25, 0.3) is 5.56 Å². The van der Waals surface area contributed by atoms with Gasteiger partial charge in [0, 0.05) is 12.4 Å². The summed E-state index contributed by atoms with van der Waals surface area (Å²) >= 11 is 0. The van der Waals surface area contributed by atoms with Crippen molar-refractivity contribution in [3.63, 3.8) is 0 Å². The highest BCUT2D eigenvalue weighted by molar-refractivity contribution is 5.85. The van der Waals surface area contributed by atoms with E-state index in [1.54, 1.807) is 20.8 Å². The van der Waals surface area contributed by atoms with Crippen molar-refractivity contribution in [2.24, 2.45) is 0 Å². The number of carbonyl (C=O) groups excluding carboxylic acids is 1. The molecule has 0 saturated heterocycles. The van der Waals surface area contributed by atoms with Gasteiger partial charge in [0.2, 0.25) is 0 Å². The van der Waals surface area contributed by atoms with Crippen LogP contribution in [0, 0.1) is 0 Å². The van der Waals surface area contributed by atoms with Crippen LogP contribution in [-0.2, 0) is 10.9 Å². The van der Waals surface area contributed by atoms with E-state index in [1.807, 2.05) is 0 Å². The third kappa shape index (κ3) is 5.20. The summed E-state index contributed by atoms with van der Waals surface area (Å²) in [6.07, 6.45) is -1.51. The number of imidazole rings is 1. The second kappa shape index (κ2) is 8.22. The molecule has 3 rings (SSSR count). The van der Waals surface area contributed by atoms with Gasteiger partial charge in [-0.1, -0.05) is 0 Å². The summed E-state index contributed by atoms with van der Waals surface area (Å²) < 4.78 is 50.0. The molecular weight excluding hydrogens is 431 g/mol. The largest absolute Gasteiger partial charge is 0.514 e. The molecule has 0 saturated carbocycles. The van der Waals surface area contributed by atoms with Gasteiger partial charge >= 0.3 is 12.3 Å². The van der Waals surface area contributed by atoms with Crippen LogP contribution in [0.5, 0.6) is 5.75 Å². The van der Waals surface area contributed by atoms with E-state index in [2.05, 4.69) is 15.1 Å². The van der Waals surface area contributed by atoms with Crippen molar-refractivity contribution in [3.8, 4) is 17.3 Å². The van der Waals surface area contributed by atoms with E-state index in [0.29, 0.717) is 6.20 Å². The van der Waals surface area contributed by atoms with Gasteiger partial charge in [-0.2, -0.15) is 17.9 Å². The molecule has 162 valence electrons. The molecule has 3 aromatic rings. The fourth-order valence-corrected chi connectivity index (χ4v) is 2.25. The van der Waals surface area contributed by atoms with Gasteiger partial charge < -0.3 is 9.47 Å². The first-order valence-corrected chi connectivity index (χ1v) is 8.23. The van der Waals surface area contributed by atoms with Crippen molar-refractivity contribution >= 4 is 18.6 Å². The second-order valence-electron chi connectivity index (χ2n) is 6.88. The van der Waals surface area contributed by atoms with Crippen LogP contribution in [0.3, 0.4) is 0 Å². The Morgan fingerprint density at radius 3 is 2.40 bits per heavy atom. The zero-order chi connectivity index (χ0) is 21.4. The monoisotopic (exact) mass is 447 g/mol. The van der Waals surface area contributed by atoms with E-state index < -0.39 is 29.2 Å². The summed E-state index contributed by atoms with van der Waals surface area (Å²) in [5.41, 5.74) is -2.57. The van der Waals surface area contributed by atoms with Crippen LogP contribution >= 0.6 is 12.4 Å². The average molecular weight is 448 g/mol. The lowest BCUT2D eigenvalue weighted by Gasteiger charge is -2.18. The topological polar surface area (TPSA) is 104 Å². The maximum Gasteiger partial charge on any atom is 0.514 e. The van der Waals surface area contributed by atoms with E-state index in [4.69, 9.17) is 9.47 Å². The first-order valence-electron chi connectivity index (χ1n) is 8.23. The Hall–Kier alpha value is -3.28. The Labute approximate surface area is 173 Å². The van der Waals surface area contributed by atoms with Crippen LogP contribution < -0.4 is 10.3 Å². The Bertz CT molecular complexity index is 1080. The molecular formula is C17H17ClF3N5O4. The predicted octanol–water partition coefficient (Wildman–Crippen LogP) is 3.50. The lowest BCUT2D eigenvalue weighted by atomic mass is 10.2. The number of aromatic amines is 1. The molecule has 0 bridgehead atoms. The molecule has 1 N–H and O–H groups in total. The molecule has 9 nitrogen and oxygen atoms in total. The van der Waals surface area contributed by atoms with Gasteiger partial charge in [0.1, 0.15) is 17.6 Å². The average Bonchev–Trinajstić information content (AvgIpc) is 3.20. The number of nitrogens with one attached hydrogen (secondary N) is 1. The van der Waals surface area contributed by atoms with Crippen molar-refractivity contribution in [3.05, 3.63) is 53.1 Å². The summed E-state index contributed by atoms with van der Waals surface area (Å²) in [7, 11) is 0. The first kappa shape index (κ1) is 23.0. The molecule has 0 fully saturated rings. The van der Waals surface area contributed by atoms with Crippen LogP contribution in [0.2, 0.25) is 0 Å². The Balaban J connectivity index is 0.00000320. The number of halogens is 4. The standard InChI is InChI=1S/C17H16F3N5O4.ClH/c1-16(2,3)29-15(27)28-10-4-5-13(21-6-10)25-14(26)11(7-23-25)24-8-12(22-9-24)17(18,19)20;/h4-9,23H,1-3H3;1H. The van der Waals surface area contributed by atoms with Crippen LogP contribution in [-0.4, -0.2) is 36.1 Å². The number of aromatic nitrogens is 5. The molecule has 0 atom stereocenters. The molecule has 0 spiro atoms. The number of pyridine rings is 1. The van der Waals surface area contributed by atoms with Gasteiger partial charge in [0.05, 0.1) is 6.20 Å². The quantitative estimate of drug-likeness (QED) is 0.616. The Kier molecular flexibility index (Phi) is 6.30. The number of alkyl halides is 3. The summed E-state index contributed by atoms with van der Waals surface area (Å²) in [4.78, 5) is 31.4. The normalized spacial score (nSPS) is 11.7. The van der Waals surface area contributed by atoms with Gasteiger partial charge in [-0.15, -0.1) is 12.4 Å². The number of H-pyrrole nitrogens is 1. The number of ether oxygens (including phenoxy) is 2. The number of hydrogen-bond donors (Lipinski definition) is 1. The molecule has 3 heterocycles. The van der Waals surface area contributed by atoms with Crippen LogP contribution in [0.15, 0.2) is 41.8 Å². The number of carbonyl (C=O) groups is 1. The lowest BCUT2D eigenvalue weighted by molar-refractivity contribution is -0.140. The molecule has 0 amide bonds. The van der Waals surface area contributed by atoms with E-state index in [0.717, 1.165) is 15.6 Å². The number of nitrogens with zero attached hydrogens (tertiary/aromatic N) is 4. The summed E-state index contributed by atoms with van der Waals surface area (Å²) in [6.45, 7) is 5.05. The molecule has 0 aliphatic carbocycles. The highest BCUT2D eigenvalue weighted by Crippen LogP contribution is 2.27. The molecule has 0 unspecified atom stereocenters. The van der Waals surface area contributed by atoms with Crippen molar-refractivity contribution in [1.82, 2.24) is 24.3 Å². The minimum Gasteiger partial charge on any atom is -0.428 e. The zero-order valence-electron chi connectivity index (χ0n) is 15.9. The summed E-state index contributed by atoms with van der Waals surface area (Å²) in [5.74, 6) is 0.223. The predicted molar refractivity (Wildman–Crippen MR) is 100 cm³/mol. The van der Waals surface area contributed by atoms with Gasteiger partial charge in [-0.05, 0) is 32.9 Å². The lowest BCUT2D eigenvalue weighted by Crippen LogP contribution is -2.26. The molecule has 0 aliphatic rings. The maximum atomic E-state index is 12.7. The first-order chi connectivity index (χ1) is 13.4. The van der Waals surface area contributed by atoms with E-state index in [1.165, 1.54) is 24.5 Å². The summed E-state index contributed by atoms with van der Waals surface area (Å²) in [6, 6.07) is 2.77. The van der Waals surface area contributed by atoms with E-state index in [9.17, 15) is 22.8 Å². The third-order valence-corrected chi connectivity index (χ3v) is 3.44. The van der Waals surface area contributed by atoms with Gasteiger partial charge in [-0.25, -0.2) is 14.8 Å². The number of hydrogen-bond acceptors (Lipinski definition) is 6. The third-order valence-electron chi connectivity index (χ3n) is 3.44. The fourth-order valence-electron chi connectivity index (χ4n) is 2.25. The van der Waals surface area contributed by atoms with Crippen LogP contribution in [0.1, 0.15) is 26.5 Å². The van der Waals surface area contributed by atoms with Crippen molar-refractivity contribution in [1.29, 1.82) is 0 Å². The molecule has 0 radical (unpaired) electrons. The minimum absolute atomic E-state index is 0. The van der Waals surface area contributed by atoms with Gasteiger partial charge in [-0.3, -0.25) is 14.5 Å². The number of rotatable bonds is 3. The smallest absolute Gasteiger partial charge is 0.428 e. The molecule has 30 heavy (non-hydrogen) atoms. The SMILES string of the molecule is CC(C)(C)OC(=O)Oc1ccc(-n2[nH]cc(-n3cnc(C(F)(F)F)c3)c2=O)nc1.Cl. The molecule has 3 aromatic heterocycles. The highest BCUT2D eigenvalue weighted by Gasteiger charge is 2.33. The van der Waals surface area contributed by atoms with Crippen molar-refractivity contribution in [2.75, 3.05) is 0 Å². The van der Waals surface area contributed by atoms with Crippen molar-refractivity contribution in [2.45, 2.75) is 32.5 Å². The van der Waals surface area contributed by atoms with Crippen LogP contribution in [0.4, 0.5) is 18.0 Å². The highest BCUT2D eigenvalue weighted by atomic mass is 35.5. The maximum absolute atomic E-state index is 12.7. The Morgan fingerprint density at radius 2 is 1.87 bits per heavy atom. The molecule has 13 heteroatoms.